The van der Waals surface area contributed by atoms with E-state index in [1.807, 2.05) is 25.1 Å². The maximum Gasteiger partial charge on any atom is 0.191 e. The average Bonchev–Trinajstić information content (AvgIpc) is 3.01. The Kier molecular flexibility index (Phi) is 6.93. The molecule has 0 unspecified atom stereocenters. The van der Waals surface area contributed by atoms with Crippen LogP contribution in [-0.4, -0.2) is 26.7 Å². The van der Waals surface area contributed by atoms with E-state index in [0.717, 1.165) is 29.6 Å². The molecule has 2 N–H and O–H groups in total. The molecule has 0 saturated carbocycles. The first-order valence-electron chi connectivity index (χ1n) is 7.95. The lowest BCUT2D eigenvalue weighted by atomic mass is 10.2. The molecule has 0 aliphatic carbocycles. The van der Waals surface area contributed by atoms with Gasteiger partial charge in [0.05, 0.1) is 20.3 Å². The Labute approximate surface area is 147 Å². The van der Waals surface area contributed by atoms with Crippen LogP contribution in [0.4, 0.5) is 0 Å². The molecular formula is C18H25N3O2S. The molecule has 1 aromatic heterocycles. The third-order valence-corrected chi connectivity index (χ3v) is 4.44. The zero-order valence-electron chi connectivity index (χ0n) is 14.7. The van der Waals surface area contributed by atoms with Crippen LogP contribution in [0.2, 0.25) is 0 Å². The number of nitrogens with one attached hydrogen (secondary N) is 2. The first-order chi connectivity index (χ1) is 11.7. The molecule has 2 aromatic rings. The molecule has 0 amide bonds. The predicted octanol–water partition coefficient (Wildman–Crippen LogP) is 3.33. The second kappa shape index (κ2) is 9.17. The van der Waals surface area contributed by atoms with Crippen molar-refractivity contribution >= 4 is 17.3 Å². The molecule has 0 atom stereocenters. The van der Waals surface area contributed by atoms with E-state index >= 15 is 0 Å². The molecule has 6 heteroatoms. The number of hydrogen-bond donors (Lipinski definition) is 2. The number of rotatable bonds is 7. The second-order valence-corrected chi connectivity index (χ2v) is 6.58. The van der Waals surface area contributed by atoms with E-state index < -0.39 is 0 Å². The summed E-state index contributed by atoms with van der Waals surface area (Å²) in [4.78, 5) is 6.87. The van der Waals surface area contributed by atoms with E-state index in [-0.39, 0.29) is 0 Å². The van der Waals surface area contributed by atoms with Crippen LogP contribution in [0, 0.1) is 6.92 Å². The molecule has 0 radical (unpaired) electrons. The van der Waals surface area contributed by atoms with Gasteiger partial charge in [0.15, 0.2) is 17.5 Å². The van der Waals surface area contributed by atoms with Crippen molar-refractivity contribution < 1.29 is 9.47 Å². The highest BCUT2D eigenvalue weighted by Gasteiger charge is 2.06. The van der Waals surface area contributed by atoms with E-state index in [4.69, 9.17) is 9.47 Å². The standard InChI is InChI=1S/C18H25N3O2S/c1-5-23-17-10-14(7-9-16(17)22-4)11-20-18(19-3)21-12-15-8-6-13(2)24-15/h6-10H,5,11-12H2,1-4H3,(H2,19,20,21). The van der Waals surface area contributed by atoms with Crippen LogP contribution < -0.4 is 20.1 Å². The van der Waals surface area contributed by atoms with Crippen molar-refractivity contribution in [3.63, 3.8) is 0 Å². The van der Waals surface area contributed by atoms with E-state index in [1.54, 1.807) is 25.5 Å². The summed E-state index contributed by atoms with van der Waals surface area (Å²) in [6.07, 6.45) is 0. The fraction of sp³-hybridized carbons (Fsp3) is 0.389. The van der Waals surface area contributed by atoms with Crippen LogP contribution in [0.3, 0.4) is 0 Å². The Balaban J connectivity index is 1.91. The summed E-state index contributed by atoms with van der Waals surface area (Å²) in [7, 11) is 3.42. The summed E-state index contributed by atoms with van der Waals surface area (Å²) in [6.45, 7) is 6.11. The smallest absolute Gasteiger partial charge is 0.191 e. The zero-order valence-corrected chi connectivity index (χ0v) is 15.5. The molecule has 0 spiro atoms. The first kappa shape index (κ1) is 18.1. The van der Waals surface area contributed by atoms with Gasteiger partial charge in [0.2, 0.25) is 0 Å². The highest BCUT2D eigenvalue weighted by Crippen LogP contribution is 2.27. The molecule has 0 saturated heterocycles. The molecule has 0 fully saturated rings. The van der Waals surface area contributed by atoms with Gasteiger partial charge in [0.25, 0.3) is 0 Å². The summed E-state index contributed by atoms with van der Waals surface area (Å²) in [6, 6.07) is 10.2. The van der Waals surface area contributed by atoms with Crippen molar-refractivity contribution in [2.45, 2.75) is 26.9 Å². The van der Waals surface area contributed by atoms with Gasteiger partial charge in [0, 0.05) is 23.3 Å². The number of thiophene rings is 1. The molecule has 130 valence electrons. The van der Waals surface area contributed by atoms with Crippen molar-refractivity contribution in [3.8, 4) is 11.5 Å². The quantitative estimate of drug-likeness (QED) is 0.596. The van der Waals surface area contributed by atoms with Gasteiger partial charge < -0.3 is 20.1 Å². The molecule has 0 bridgehead atoms. The van der Waals surface area contributed by atoms with Gasteiger partial charge in [-0.25, -0.2) is 0 Å². The van der Waals surface area contributed by atoms with Crippen molar-refractivity contribution in [3.05, 3.63) is 45.6 Å². The Morgan fingerprint density at radius 2 is 1.92 bits per heavy atom. The highest BCUT2D eigenvalue weighted by atomic mass is 32.1. The number of hydrogen-bond acceptors (Lipinski definition) is 4. The topological polar surface area (TPSA) is 54.9 Å². The number of ether oxygens (including phenoxy) is 2. The average molecular weight is 347 g/mol. The van der Waals surface area contributed by atoms with E-state index in [2.05, 4.69) is 34.7 Å². The Bertz CT molecular complexity index is 683. The van der Waals surface area contributed by atoms with Crippen LogP contribution in [-0.2, 0) is 13.1 Å². The van der Waals surface area contributed by atoms with Crippen LogP contribution in [0.15, 0.2) is 35.3 Å². The molecule has 2 rings (SSSR count). The van der Waals surface area contributed by atoms with Crippen molar-refractivity contribution in [1.29, 1.82) is 0 Å². The molecule has 1 heterocycles. The third kappa shape index (κ3) is 5.16. The molecule has 0 aliphatic rings. The minimum Gasteiger partial charge on any atom is -0.493 e. The summed E-state index contributed by atoms with van der Waals surface area (Å²) in [5.41, 5.74) is 1.11. The monoisotopic (exact) mass is 347 g/mol. The number of methoxy groups -OCH3 is 1. The van der Waals surface area contributed by atoms with Crippen LogP contribution in [0.1, 0.15) is 22.2 Å². The lowest BCUT2D eigenvalue weighted by molar-refractivity contribution is 0.310. The Morgan fingerprint density at radius 1 is 1.12 bits per heavy atom. The maximum atomic E-state index is 5.61. The minimum atomic E-state index is 0.608. The van der Waals surface area contributed by atoms with Crippen molar-refractivity contribution in [2.24, 2.45) is 4.99 Å². The summed E-state index contributed by atoms with van der Waals surface area (Å²) in [5.74, 6) is 2.28. The van der Waals surface area contributed by atoms with Crippen molar-refractivity contribution in [2.75, 3.05) is 20.8 Å². The number of nitrogens with zero attached hydrogens (tertiary/aromatic N) is 1. The first-order valence-corrected chi connectivity index (χ1v) is 8.77. The van der Waals surface area contributed by atoms with Crippen LogP contribution >= 0.6 is 11.3 Å². The minimum absolute atomic E-state index is 0.608. The molecule has 24 heavy (non-hydrogen) atoms. The fourth-order valence-corrected chi connectivity index (χ4v) is 3.09. The van der Waals surface area contributed by atoms with Gasteiger partial charge in [-0.1, -0.05) is 6.07 Å². The van der Waals surface area contributed by atoms with E-state index in [0.29, 0.717) is 13.2 Å². The normalized spacial score (nSPS) is 11.2. The van der Waals surface area contributed by atoms with Gasteiger partial charge in [-0.05, 0) is 43.7 Å². The lowest BCUT2D eigenvalue weighted by Crippen LogP contribution is -2.36. The summed E-state index contributed by atoms with van der Waals surface area (Å²) < 4.78 is 10.9. The van der Waals surface area contributed by atoms with E-state index in [1.165, 1.54) is 9.75 Å². The Morgan fingerprint density at radius 3 is 2.54 bits per heavy atom. The van der Waals surface area contributed by atoms with Gasteiger partial charge in [0.1, 0.15) is 0 Å². The van der Waals surface area contributed by atoms with Crippen molar-refractivity contribution in [1.82, 2.24) is 10.6 Å². The summed E-state index contributed by atoms with van der Waals surface area (Å²) >= 11 is 1.79. The second-order valence-electron chi connectivity index (χ2n) is 5.21. The van der Waals surface area contributed by atoms with Crippen LogP contribution in [0.5, 0.6) is 11.5 Å². The van der Waals surface area contributed by atoms with E-state index in [9.17, 15) is 0 Å². The SMILES string of the molecule is CCOc1cc(CNC(=NC)NCc2ccc(C)s2)ccc1OC. The third-order valence-electron chi connectivity index (χ3n) is 3.44. The number of benzene rings is 1. The van der Waals surface area contributed by atoms with Gasteiger partial charge >= 0.3 is 0 Å². The van der Waals surface area contributed by atoms with Crippen LogP contribution in [0.25, 0.3) is 0 Å². The number of aryl methyl sites for hydroxylation is 1. The predicted molar refractivity (Wildman–Crippen MR) is 100 cm³/mol. The fourth-order valence-electron chi connectivity index (χ4n) is 2.26. The Hall–Kier alpha value is -2.21. The molecular weight excluding hydrogens is 322 g/mol. The maximum absolute atomic E-state index is 5.61. The lowest BCUT2D eigenvalue weighted by Gasteiger charge is -2.14. The zero-order chi connectivity index (χ0) is 17.4. The molecule has 5 nitrogen and oxygen atoms in total. The molecule has 0 aliphatic heterocycles. The number of guanidine groups is 1. The van der Waals surface area contributed by atoms with Gasteiger partial charge in [-0.3, -0.25) is 4.99 Å². The largest absolute Gasteiger partial charge is 0.493 e. The number of aliphatic imine (C=N–C) groups is 1. The highest BCUT2D eigenvalue weighted by molar-refractivity contribution is 7.11. The van der Waals surface area contributed by atoms with Gasteiger partial charge in [-0.2, -0.15) is 0 Å². The summed E-state index contributed by atoms with van der Waals surface area (Å²) in [5, 5.41) is 6.64. The molecule has 1 aromatic carbocycles. The van der Waals surface area contributed by atoms with Gasteiger partial charge in [-0.15, -0.1) is 11.3 Å².